The van der Waals surface area contributed by atoms with Gasteiger partial charge in [0.1, 0.15) is 0 Å². The minimum Gasteiger partial charge on any atom is -0.545 e. The summed E-state index contributed by atoms with van der Waals surface area (Å²) >= 11 is 0. The fourth-order valence-electron chi connectivity index (χ4n) is 1.06. The molecule has 0 atom stereocenters. The van der Waals surface area contributed by atoms with Crippen LogP contribution in [0.15, 0.2) is 24.3 Å². The first-order valence-electron chi connectivity index (χ1n) is 5.19. The molecule has 0 amide bonds. The Morgan fingerprint density at radius 2 is 2.00 bits per heavy atom. The number of carbonyl (C=O) groups is 2. The van der Waals surface area contributed by atoms with E-state index in [9.17, 15) is 19.8 Å². The fourth-order valence-corrected chi connectivity index (χ4v) is 1.06. The number of hydrogen-bond acceptors (Lipinski definition) is 4. The number of aliphatic carboxylic acids is 2. The van der Waals surface area contributed by atoms with E-state index in [0.29, 0.717) is 17.9 Å². The normalized spacial score (nSPS) is 9.67. The van der Waals surface area contributed by atoms with Crippen LogP contribution in [0.4, 0.5) is 0 Å². The topological polar surface area (TPSA) is 112 Å². The summed E-state index contributed by atoms with van der Waals surface area (Å²) in [5.74, 6) is -2.45. The second-order valence-corrected chi connectivity index (χ2v) is 3.35. The molecule has 0 aromatic carbocycles. The van der Waals surface area contributed by atoms with Gasteiger partial charge in [-0.15, -0.1) is 0 Å². The molecule has 0 aliphatic rings. The van der Waals surface area contributed by atoms with Gasteiger partial charge in [0.25, 0.3) is 0 Å². The van der Waals surface area contributed by atoms with E-state index in [-0.39, 0.29) is 0 Å². The van der Waals surface area contributed by atoms with E-state index in [4.69, 9.17) is 5.11 Å². The number of pyridine rings is 1. The zero-order chi connectivity index (χ0) is 14.1. The van der Waals surface area contributed by atoms with Crippen molar-refractivity contribution < 1.29 is 29.9 Å². The highest BCUT2D eigenvalue weighted by atomic mass is 16.4. The molecule has 0 radical (unpaired) electrons. The maximum atomic E-state index is 9.53. The Labute approximate surface area is 104 Å². The Bertz CT molecular complexity index is 438. The molecular weight excluding hydrogens is 238 g/mol. The highest BCUT2D eigenvalue weighted by Gasteiger charge is 2.05. The maximum absolute atomic E-state index is 9.53. The number of aromatic amines is 1. The van der Waals surface area contributed by atoms with Crippen LogP contribution in [-0.2, 0) is 16.0 Å². The molecule has 1 rings (SSSR count). The van der Waals surface area contributed by atoms with Gasteiger partial charge in [0.2, 0.25) is 5.69 Å². The van der Waals surface area contributed by atoms with Crippen LogP contribution in [0.2, 0.25) is 0 Å². The summed E-state index contributed by atoms with van der Waals surface area (Å²) in [6.07, 6.45) is 1.78. The number of aromatic nitrogens is 1. The zero-order valence-electron chi connectivity index (χ0n) is 10.1. The molecule has 1 heterocycles. The Morgan fingerprint density at radius 1 is 1.39 bits per heavy atom. The Kier molecular flexibility index (Phi) is 6.80. The van der Waals surface area contributed by atoms with Gasteiger partial charge in [-0.05, 0) is 12.1 Å². The summed E-state index contributed by atoms with van der Waals surface area (Å²) in [5, 5.41) is 26.4. The summed E-state index contributed by atoms with van der Waals surface area (Å²) in [5.41, 5.74) is 1.98. The molecule has 0 aliphatic carbocycles. The summed E-state index contributed by atoms with van der Waals surface area (Å²) in [4.78, 5) is 22.0. The summed E-state index contributed by atoms with van der Waals surface area (Å²) in [6, 6.07) is 3.57. The summed E-state index contributed by atoms with van der Waals surface area (Å²) in [6.45, 7) is 3.98. The summed E-state index contributed by atoms with van der Waals surface area (Å²) < 4.78 is 0. The molecule has 6 nitrogen and oxygen atoms in total. The molecule has 0 unspecified atom stereocenters. The van der Waals surface area contributed by atoms with Gasteiger partial charge in [-0.25, -0.2) is 9.78 Å². The van der Waals surface area contributed by atoms with E-state index >= 15 is 0 Å². The number of rotatable bonds is 3. The van der Waals surface area contributed by atoms with Crippen molar-refractivity contribution in [2.45, 2.75) is 20.3 Å². The van der Waals surface area contributed by atoms with Crippen LogP contribution >= 0.6 is 0 Å². The van der Waals surface area contributed by atoms with Gasteiger partial charge < -0.3 is 20.1 Å². The first-order chi connectivity index (χ1) is 8.36. The van der Waals surface area contributed by atoms with Crippen molar-refractivity contribution in [2.75, 3.05) is 0 Å². The lowest BCUT2D eigenvalue weighted by Gasteiger charge is -1.93. The molecule has 98 valence electrons. The highest BCUT2D eigenvalue weighted by molar-refractivity contribution is 5.88. The lowest BCUT2D eigenvalue weighted by Crippen LogP contribution is -2.19. The number of carboxylic acid groups (broad SMARTS) is 2. The lowest BCUT2D eigenvalue weighted by molar-refractivity contribution is -0.400. The van der Waals surface area contributed by atoms with Crippen LogP contribution in [0.5, 0.6) is 5.75 Å². The molecular formula is C12H15NO5. The van der Waals surface area contributed by atoms with E-state index in [1.54, 1.807) is 6.07 Å². The highest BCUT2D eigenvalue weighted by Crippen LogP contribution is 2.10. The largest absolute Gasteiger partial charge is 0.545 e. The molecule has 1 aromatic rings. The van der Waals surface area contributed by atoms with E-state index in [0.717, 1.165) is 17.8 Å². The molecule has 6 heteroatoms. The van der Waals surface area contributed by atoms with Gasteiger partial charge in [-0.2, -0.15) is 0 Å². The second-order valence-electron chi connectivity index (χ2n) is 3.35. The number of nitrogens with one attached hydrogen (secondary N) is 1. The molecule has 0 saturated heterocycles. The molecule has 18 heavy (non-hydrogen) atoms. The van der Waals surface area contributed by atoms with Crippen molar-refractivity contribution in [2.24, 2.45) is 0 Å². The first kappa shape index (κ1) is 15.6. The van der Waals surface area contributed by atoms with Crippen LogP contribution in [0, 0.1) is 6.92 Å². The van der Waals surface area contributed by atoms with Crippen molar-refractivity contribution in [1.82, 2.24) is 0 Å². The average molecular weight is 253 g/mol. The molecule has 0 bridgehead atoms. The third-order valence-corrected chi connectivity index (χ3v) is 1.86. The quantitative estimate of drug-likeness (QED) is 0.702. The van der Waals surface area contributed by atoms with Crippen molar-refractivity contribution in [1.29, 1.82) is 0 Å². The number of aryl methyl sites for hydroxylation is 2. The Hall–Kier alpha value is -2.37. The zero-order valence-corrected chi connectivity index (χ0v) is 10.1. The van der Waals surface area contributed by atoms with Crippen molar-refractivity contribution in [3.63, 3.8) is 0 Å². The van der Waals surface area contributed by atoms with Gasteiger partial charge in [-0.1, -0.05) is 6.92 Å². The minimum absolute atomic E-state index is 0.355. The van der Waals surface area contributed by atoms with Crippen LogP contribution in [-0.4, -0.2) is 22.2 Å². The standard InChI is InChI=1S/C8H11NO.C4H4O4/c1-3-7-8(10)5-4-6(2)9-7;5-3(6)1-2-4(7)8/h4-5,10H,3H2,1-2H3;1-2H,(H,5,6)(H,7,8)/b;2-1-. The molecule has 3 N–H and O–H groups in total. The SMILES string of the molecule is CCc1[nH+]c(C)ccc1O.O=C([O-])/C=C\C(=O)O. The van der Waals surface area contributed by atoms with E-state index in [1.807, 2.05) is 19.9 Å². The third-order valence-electron chi connectivity index (χ3n) is 1.86. The predicted molar refractivity (Wildman–Crippen MR) is 60.6 cm³/mol. The third kappa shape index (κ3) is 7.00. The number of H-pyrrole nitrogens is 1. The van der Waals surface area contributed by atoms with Crippen molar-refractivity contribution >= 4 is 11.9 Å². The minimum atomic E-state index is -1.51. The van der Waals surface area contributed by atoms with Crippen molar-refractivity contribution in [3.8, 4) is 5.75 Å². The Balaban J connectivity index is 0.000000331. The molecule has 0 fully saturated rings. The second kappa shape index (κ2) is 7.83. The van der Waals surface area contributed by atoms with Gasteiger partial charge in [0.05, 0.1) is 5.97 Å². The number of carbonyl (C=O) groups excluding carboxylic acids is 1. The lowest BCUT2D eigenvalue weighted by atomic mass is 10.2. The predicted octanol–water partition coefficient (Wildman–Crippen LogP) is -0.546. The molecule has 0 aliphatic heterocycles. The van der Waals surface area contributed by atoms with Crippen LogP contribution < -0.4 is 10.1 Å². The van der Waals surface area contributed by atoms with Gasteiger partial charge >= 0.3 is 5.97 Å². The molecule has 0 saturated carbocycles. The first-order valence-corrected chi connectivity index (χ1v) is 5.19. The van der Waals surface area contributed by atoms with Crippen LogP contribution in [0.25, 0.3) is 0 Å². The van der Waals surface area contributed by atoms with E-state index in [1.165, 1.54) is 0 Å². The van der Waals surface area contributed by atoms with Crippen LogP contribution in [0.3, 0.4) is 0 Å². The maximum Gasteiger partial charge on any atom is 0.328 e. The van der Waals surface area contributed by atoms with Crippen molar-refractivity contribution in [3.05, 3.63) is 35.7 Å². The van der Waals surface area contributed by atoms with Crippen LogP contribution in [0.1, 0.15) is 18.3 Å². The van der Waals surface area contributed by atoms with E-state index in [2.05, 4.69) is 4.98 Å². The fraction of sp³-hybridized carbons (Fsp3) is 0.250. The average Bonchev–Trinajstić information content (AvgIpc) is 2.30. The van der Waals surface area contributed by atoms with Gasteiger partial charge in [0, 0.05) is 25.5 Å². The molecule has 1 aromatic heterocycles. The number of aromatic hydroxyl groups is 1. The summed E-state index contributed by atoms with van der Waals surface area (Å²) in [7, 11) is 0. The van der Waals surface area contributed by atoms with E-state index < -0.39 is 11.9 Å². The number of hydrogen-bond donors (Lipinski definition) is 2. The van der Waals surface area contributed by atoms with Gasteiger partial charge in [-0.3, -0.25) is 0 Å². The number of carboxylic acids is 2. The molecule has 0 spiro atoms. The smallest absolute Gasteiger partial charge is 0.328 e. The Morgan fingerprint density at radius 3 is 2.33 bits per heavy atom. The van der Waals surface area contributed by atoms with Gasteiger partial charge in [0.15, 0.2) is 11.4 Å². The monoisotopic (exact) mass is 253 g/mol.